The van der Waals surface area contributed by atoms with Gasteiger partial charge in [-0.25, -0.2) is 0 Å². The lowest BCUT2D eigenvalue weighted by Gasteiger charge is -2.17. The predicted molar refractivity (Wildman–Crippen MR) is 60.2 cm³/mol. The van der Waals surface area contributed by atoms with Crippen molar-refractivity contribution in [2.45, 2.75) is 19.8 Å². The van der Waals surface area contributed by atoms with E-state index in [0.717, 1.165) is 21.9 Å². The van der Waals surface area contributed by atoms with E-state index in [9.17, 15) is 0 Å². The molecule has 1 atom stereocenters. The van der Waals surface area contributed by atoms with Crippen LogP contribution in [-0.4, -0.2) is 13.7 Å². The van der Waals surface area contributed by atoms with E-state index < -0.39 is 0 Å². The van der Waals surface area contributed by atoms with Crippen molar-refractivity contribution < 1.29 is 4.74 Å². The molecule has 3 heteroatoms. The monoisotopic (exact) mass is 213 g/mol. The van der Waals surface area contributed by atoms with Gasteiger partial charge in [-0.2, -0.15) is 0 Å². The Balaban J connectivity index is 3.29. The van der Waals surface area contributed by atoms with Crippen molar-refractivity contribution in [3.63, 3.8) is 0 Å². The fraction of sp³-hybridized carbons (Fsp3) is 0.455. The molecule has 78 valence electrons. The van der Waals surface area contributed by atoms with Crippen LogP contribution < -0.4 is 10.5 Å². The minimum Gasteiger partial charge on any atom is -0.496 e. The molecule has 0 saturated heterocycles. The van der Waals surface area contributed by atoms with Crippen molar-refractivity contribution in [3.05, 3.63) is 28.3 Å². The number of benzene rings is 1. The first-order chi connectivity index (χ1) is 6.61. The Morgan fingerprint density at radius 1 is 1.50 bits per heavy atom. The molecule has 0 aromatic heterocycles. The van der Waals surface area contributed by atoms with E-state index >= 15 is 0 Å². The minimum atomic E-state index is 0.220. The number of nitrogens with two attached hydrogens (primary N) is 1. The van der Waals surface area contributed by atoms with Crippen molar-refractivity contribution in [1.82, 2.24) is 0 Å². The molecular weight excluding hydrogens is 198 g/mol. The van der Waals surface area contributed by atoms with Crippen LogP contribution in [0.3, 0.4) is 0 Å². The summed E-state index contributed by atoms with van der Waals surface area (Å²) in [4.78, 5) is 0. The third-order valence-corrected chi connectivity index (χ3v) is 2.72. The molecule has 0 aliphatic rings. The van der Waals surface area contributed by atoms with E-state index in [0.29, 0.717) is 6.54 Å². The summed E-state index contributed by atoms with van der Waals surface area (Å²) in [6.07, 6.45) is 0. The maximum absolute atomic E-state index is 6.12. The van der Waals surface area contributed by atoms with Gasteiger partial charge in [-0.1, -0.05) is 24.6 Å². The third kappa shape index (κ3) is 2.02. The normalized spacial score (nSPS) is 12.6. The second-order valence-electron chi connectivity index (χ2n) is 3.45. The first-order valence-corrected chi connectivity index (χ1v) is 5.02. The van der Waals surface area contributed by atoms with E-state index in [2.05, 4.69) is 0 Å². The highest BCUT2D eigenvalue weighted by Gasteiger charge is 2.15. The van der Waals surface area contributed by atoms with E-state index in [1.54, 1.807) is 7.11 Å². The molecule has 1 aromatic rings. The van der Waals surface area contributed by atoms with Crippen LogP contribution in [0.2, 0.25) is 5.02 Å². The predicted octanol–water partition coefficient (Wildman–Crippen LogP) is 2.72. The molecule has 0 heterocycles. The van der Waals surface area contributed by atoms with Crippen LogP contribution in [-0.2, 0) is 0 Å². The number of aryl methyl sites for hydroxylation is 1. The molecule has 0 saturated carbocycles. The van der Waals surface area contributed by atoms with Gasteiger partial charge in [0.2, 0.25) is 0 Å². The molecule has 0 amide bonds. The summed E-state index contributed by atoms with van der Waals surface area (Å²) in [5.74, 6) is 1.08. The van der Waals surface area contributed by atoms with Gasteiger partial charge in [0.25, 0.3) is 0 Å². The molecule has 0 bridgehead atoms. The highest BCUT2D eigenvalue weighted by Crippen LogP contribution is 2.35. The van der Waals surface area contributed by atoms with Gasteiger partial charge >= 0.3 is 0 Å². The summed E-state index contributed by atoms with van der Waals surface area (Å²) in [6.45, 7) is 4.62. The van der Waals surface area contributed by atoms with Gasteiger partial charge in [0.1, 0.15) is 5.75 Å². The van der Waals surface area contributed by atoms with Crippen LogP contribution in [0.1, 0.15) is 24.0 Å². The SMILES string of the molecule is COc1c(C)ccc(Cl)c1C(C)CN. The molecule has 0 aliphatic heterocycles. The Morgan fingerprint density at radius 3 is 2.64 bits per heavy atom. The molecule has 1 unspecified atom stereocenters. The largest absolute Gasteiger partial charge is 0.496 e. The Hall–Kier alpha value is -0.730. The average molecular weight is 214 g/mol. The number of methoxy groups -OCH3 is 1. The first-order valence-electron chi connectivity index (χ1n) is 4.64. The zero-order valence-electron chi connectivity index (χ0n) is 8.80. The molecule has 0 fully saturated rings. The lowest BCUT2D eigenvalue weighted by Crippen LogP contribution is -2.11. The fourth-order valence-electron chi connectivity index (χ4n) is 1.53. The highest BCUT2D eigenvalue weighted by molar-refractivity contribution is 6.31. The third-order valence-electron chi connectivity index (χ3n) is 2.39. The van der Waals surface area contributed by atoms with Gasteiger partial charge < -0.3 is 10.5 Å². The summed E-state index contributed by atoms with van der Waals surface area (Å²) >= 11 is 6.12. The smallest absolute Gasteiger partial charge is 0.126 e. The second kappa shape index (κ2) is 4.67. The molecule has 0 spiro atoms. The van der Waals surface area contributed by atoms with Crippen molar-refractivity contribution in [2.75, 3.05) is 13.7 Å². The van der Waals surface area contributed by atoms with E-state index in [-0.39, 0.29) is 5.92 Å². The summed E-state index contributed by atoms with van der Waals surface area (Å²) < 4.78 is 5.34. The molecule has 1 rings (SSSR count). The first kappa shape index (κ1) is 11.3. The van der Waals surface area contributed by atoms with Crippen molar-refractivity contribution in [1.29, 1.82) is 0 Å². The fourth-order valence-corrected chi connectivity index (χ4v) is 1.87. The quantitative estimate of drug-likeness (QED) is 0.838. The lowest BCUT2D eigenvalue weighted by molar-refractivity contribution is 0.403. The topological polar surface area (TPSA) is 35.2 Å². The maximum Gasteiger partial charge on any atom is 0.126 e. The lowest BCUT2D eigenvalue weighted by atomic mass is 9.98. The van der Waals surface area contributed by atoms with Crippen LogP contribution in [0.5, 0.6) is 5.75 Å². The van der Waals surface area contributed by atoms with E-state index in [1.165, 1.54) is 0 Å². The van der Waals surface area contributed by atoms with Crippen LogP contribution in [0.4, 0.5) is 0 Å². The minimum absolute atomic E-state index is 0.220. The molecule has 14 heavy (non-hydrogen) atoms. The van der Waals surface area contributed by atoms with Crippen LogP contribution >= 0.6 is 11.6 Å². The molecule has 2 N–H and O–H groups in total. The Morgan fingerprint density at radius 2 is 2.14 bits per heavy atom. The molecule has 0 radical (unpaired) electrons. The Bertz CT molecular complexity index is 325. The van der Waals surface area contributed by atoms with Crippen LogP contribution in [0, 0.1) is 6.92 Å². The number of rotatable bonds is 3. The number of halogens is 1. The van der Waals surface area contributed by atoms with Crippen molar-refractivity contribution in [2.24, 2.45) is 5.73 Å². The zero-order chi connectivity index (χ0) is 10.7. The maximum atomic E-state index is 6.12. The molecule has 2 nitrogen and oxygen atoms in total. The van der Waals surface area contributed by atoms with Crippen LogP contribution in [0.25, 0.3) is 0 Å². The van der Waals surface area contributed by atoms with E-state index in [4.69, 9.17) is 22.1 Å². The summed E-state index contributed by atoms with van der Waals surface area (Å²) in [6, 6.07) is 3.84. The van der Waals surface area contributed by atoms with Gasteiger partial charge in [-0.05, 0) is 31.0 Å². The van der Waals surface area contributed by atoms with Gasteiger partial charge in [0.15, 0.2) is 0 Å². The highest BCUT2D eigenvalue weighted by atomic mass is 35.5. The molecule has 1 aromatic carbocycles. The Labute approximate surface area is 90.0 Å². The van der Waals surface area contributed by atoms with Crippen LogP contribution in [0.15, 0.2) is 12.1 Å². The molecular formula is C11H16ClNO. The van der Waals surface area contributed by atoms with Gasteiger partial charge in [0, 0.05) is 10.6 Å². The van der Waals surface area contributed by atoms with Gasteiger partial charge in [-0.3, -0.25) is 0 Å². The van der Waals surface area contributed by atoms with Gasteiger partial charge in [0.05, 0.1) is 7.11 Å². The molecule has 0 aliphatic carbocycles. The van der Waals surface area contributed by atoms with E-state index in [1.807, 2.05) is 26.0 Å². The number of ether oxygens (including phenoxy) is 1. The average Bonchev–Trinajstić information content (AvgIpc) is 2.19. The summed E-state index contributed by atoms with van der Waals surface area (Å²) in [5.41, 5.74) is 7.73. The van der Waals surface area contributed by atoms with Gasteiger partial charge in [-0.15, -0.1) is 0 Å². The number of hydrogen-bond donors (Lipinski definition) is 1. The number of hydrogen-bond acceptors (Lipinski definition) is 2. The summed E-state index contributed by atoms with van der Waals surface area (Å²) in [5, 5.41) is 0.727. The second-order valence-corrected chi connectivity index (χ2v) is 3.86. The standard InChI is InChI=1S/C11H16ClNO/c1-7-4-5-9(12)10(8(2)6-13)11(7)14-3/h4-5,8H,6,13H2,1-3H3. The van der Waals surface area contributed by atoms with Crippen molar-refractivity contribution in [3.8, 4) is 5.75 Å². The zero-order valence-corrected chi connectivity index (χ0v) is 9.56. The van der Waals surface area contributed by atoms with Crippen molar-refractivity contribution >= 4 is 11.6 Å². The Kier molecular flexibility index (Phi) is 3.78. The summed E-state index contributed by atoms with van der Waals surface area (Å²) in [7, 11) is 1.66.